The van der Waals surface area contributed by atoms with Crippen molar-refractivity contribution in [1.82, 2.24) is 0 Å². The van der Waals surface area contributed by atoms with Crippen molar-refractivity contribution in [2.24, 2.45) is 0 Å². The lowest BCUT2D eigenvalue weighted by Gasteiger charge is -2.12. The van der Waals surface area contributed by atoms with Crippen LogP contribution >= 0.6 is 0 Å². The highest BCUT2D eigenvalue weighted by molar-refractivity contribution is 5.69. The maximum Gasteiger partial charge on any atom is 0.130 e. The van der Waals surface area contributed by atoms with Crippen LogP contribution in [-0.2, 0) is 19.3 Å². The Bertz CT molecular complexity index is 1190. The smallest absolute Gasteiger partial charge is 0.130 e. The Balaban J connectivity index is 1.32. The molecule has 0 fully saturated rings. The van der Waals surface area contributed by atoms with Crippen LogP contribution < -0.4 is 0 Å². The number of rotatable bonds is 8. The summed E-state index contributed by atoms with van der Waals surface area (Å²) in [4.78, 5) is 0. The highest BCUT2D eigenvalue weighted by Crippen LogP contribution is 2.21. The van der Waals surface area contributed by atoms with Gasteiger partial charge in [-0.05, 0) is 71.2 Å². The fourth-order valence-corrected chi connectivity index (χ4v) is 4.00. The summed E-state index contributed by atoms with van der Waals surface area (Å²) < 4.78 is 27.5. The molecule has 0 saturated carbocycles. The first-order valence-electron chi connectivity index (χ1n) is 11.4. The first-order valence-corrected chi connectivity index (χ1v) is 11.4. The molecule has 4 rings (SSSR count). The van der Waals surface area contributed by atoms with Gasteiger partial charge in [0.15, 0.2) is 0 Å². The number of benzene rings is 4. The summed E-state index contributed by atoms with van der Waals surface area (Å²) in [5, 5.41) is 0. The predicted octanol–water partition coefficient (Wildman–Crippen LogP) is 8.27. The molecule has 0 amide bonds. The van der Waals surface area contributed by atoms with E-state index in [4.69, 9.17) is 0 Å². The summed E-state index contributed by atoms with van der Waals surface area (Å²) in [6.07, 6.45) is 6.19. The molecular formula is C31H28F2. The van der Waals surface area contributed by atoms with Gasteiger partial charge in [-0.15, -0.1) is 0 Å². The monoisotopic (exact) mass is 438 g/mol. The molecule has 0 N–H and O–H groups in total. The van der Waals surface area contributed by atoms with Gasteiger partial charge >= 0.3 is 0 Å². The average molecular weight is 439 g/mol. The van der Waals surface area contributed by atoms with Gasteiger partial charge in [-0.2, -0.15) is 0 Å². The van der Waals surface area contributed by atoms with Crippen LogP contribution in [-0.4, -0.2) is 0 Å². The van der Waals surface area contributed by atoms with Crippen molar-refractivity contribution in [2.75, 3.05) is 0 Å². The molecule has 0 aliphatic rings. The van der Waals surface area contributed by atoms with Crippen molar-refractivity contribution in [2.45, 2.75) is 32.1 Å². The van der Waals surface area contributed by atoms with E-state index in [1.807, 2.05) is 6.07 Å². The largest absolute Gasteiger partial charge is 0.207 e. The fourth-order valence-electron chi connectivity index (χ4n) is 4.00. The van der Waals surface area contributed by atoms with Gasteiger partial charge in [-0.1, -0.05) is 97.9 Å². The Morgan fingerprint density at radius 3 is 2.00 bits per heavy atom. The van der Waals surface area contributed by atoms with E-state index in [-0.39, 0.29) is 11.6 Å². The second kappa shape index (κ2) is 10.9. The molecule has 33 heavy (non-hydrogen) atoms. The molecular weight excluding hydrogens is 410 g/mol. The summed E-state index contributed by atoms with van der Waals surface area (Å²) in [6.45, 7) is 2.26. The molecule has 0 aliphatic carbocycles. The summed E-state index contributed by atoms with van der Waals surface area (Å²) >= 11 is 0. The van der Waals surface area contributed by atoms with Gasteiger partial charge in [-0.3, -0.25) is 0 Å². The minimum absolute atomic E-state index is 0.240. The molecule has 0 unspecified atom stereocenters. The zero-order valence-corrected chi connectivity index (χ0v) is 18.8. The Labute approximate surface area is 195 Å². The van der Waals surface area contributed by atoms with E-state index in [1.165, 1.54) is 28.8 Å². The van der Waals surface area contributed by atoms with Gasteiger partial charge in [0, 0.05) is 5.56 Å². The minimum Gasteiger partial charge on any atom is -0.207 e. The third-order valence-corrected chi connectivity index (χ3v) is 6.03. The maximum atomic E-state index is 14.5. The van der Waals surface area contributed by atoms with Gasteiger partial charge in [0.25, 0.3) is 0 Å². The summed E-state index contributed by atoms with van der Waals surface area (Å²) in [7, 11) is 0. The van der Waals surface area contributed by atoms with Gasteiger partial charge in [0.05, 0.1) is 0 Å². The van der Waals surface area contributed by atoms with Crippen molar-refractivity contribution in [3.63, 3.8) is 0 Å². The van der Waals surface area contributed by atoms with Gasteiger partial charge in [0.1, 0.15) is 11.6 Å². The normalized spacial score (nSPS) is 12.2. The molecule has 0 spiro atoms. The average Bonchev–Trinajstić information content (AvgIpc) is 2.84. The fraction of sp³-hybridized carbons (Fsp3) is 0.161. The topological polar surface area (TPSA) is 0 Å². The maximum absolute atomic E-state index is 14.5. The zero-order valence-electron chi connectivity index (χ0n) is 18.8. The first-order chi connectivity index (χ1) is 16.1. The van der Waals surface area contributed by atoms with Gasteiger partial charge in [0.2, 0.25) is 0 Å². The van der Waals surface area contributed by atoms with E-state index in [0.717, 1.165) is 30.4 Å². The Kier molecular flexibility index (Phi) is 7.47. The quantitative estimate of drug-likeness (QED) is 0.243. The highest BCUT2D eigenvalue weighted by atomic mass is 19.1. The summed E-state index contributed by atoms with van der Waals surface area (Å²) in [5.74, 6) is -0.0363. The molecule has 0 nitrogen and oxygen atoms in total. The molecule has 1 atom stereocenters. The molecule has 0 bridgehead atoms. The summed E-state index contributed by atoms with van der Waals surface area (Å²) in [5.41, 5.74) is 6.29. The minimum atomic E-state index is -0.279. The molecule has 2 heteroatoms. The predicted molar refractivity (Wildman–Crippen MR) is 134 cm³/mol. The summed E-state index contributed by atoms with van der Waals surface area (Å²) in [6, 6.07) is 30.9. The molecule has 0 heterocycles. The van der Waals surface area contributed by atoms with Crippen molar-refractivity contribution in [3.05, 3.63) is 142 Å². The lowest BCUT2D eigenvalue weighted by atomic mass is 9.93. The molecule has 0 aliphatic heterocycles. The van der Waals surface area contributed by atoms with Crippen LogP contribution in [0.1, 0.15) is 46.2 Å². The first kappa shape index (κ1) is 22.7. The van der Waals surface area contributed by atoms with Crippen LogP contribution in [0.15, 0.2) is 97.1 Å². The van der Waals surface area contributed by atoms with Gasteiger partial charge < -0.3 is 0 Å². The zero-order chi connectivity index (χ0) is 23.0. The van der Waals surface area contributed by atoms with Crippen LogP contribution in [0.3, 0.4) is 0 Å². The Morgan fingerprint density at radius 2 is 1.30 bits per heavy atom. The number of hydrogen-bond donors (Lipinski definition) is 0. The Morgan fingerprint density at radius 1 is 0.667 bits per heavy atom. The van der Waals surface area contributed by atoms with E-state index < -0.39 is 0 Å². The van der Waals surface area contributed by atoms with Crippen LogP contribution in [0, 0.1) is 11.6 Å². The molecule has 4 aromatic carbocycles. The second-order valence-electron chi connectivity index (χ2n) is 8.57. The van der Waals surface area contributed by atoms with Gasteiger partial charge in [-0.25, -0.2) is 8.78 Å². The third kappa shape index (κ3) is 6.49. The SMILES string of the molecule is C[C@@H](Cc1ccc(CCc2ccc(C=Cc3ccc(F)cc3)c(F)c2)cc1)c1ccccc1. The molecule has 166 valence electrons. The number of aryl methyl sites for hydroxylation is 2. The standard InChI is InChI=1S/C31H28F2/c1-23(28-5-3-2-4-6-28)21-26-10-7-24(8-11-26)9-12-27-14-18-29(31(33)22-27)17-13-25-15-19-30(32)20-16-25/h2-8,10-11,13-20,22-23H,9,12,21H2,1H3/t23-/m0/s1. The lowest BCUT2D eigenvalue weighted by molar-refractivity contribution is 0.622. The number of halogens is 2. The van der Waals surface area contributed by atoms with Crippen LogP contribution in [0.2, 0.25) is 0 Å². The third-order valence-electron chi connectivity index (χ3n) is 6.03. The van der Waals surface area contributed by atoms with E-state index >= 15 is 0 Å². The number of hydrogen-bond acceptors (Lipinski definition) is 0. The van der Waals surface area contributed by atoms with E-state index in [0.29, 0.717) is 11.5 Å². The highest BCUT2D eigenvalue weighted by Gasteiger charge is 2.07. The van der Waals surface area contributed by atoms with Crippen LogP contribution in [0.5, 0.6) is 0 Å². The van der Waals surface area contributed by atoms with E-state index in [9.17, 15) is 8.78 Å². The molecule has 0 aromatic heterocycles. The molecule has 0 saturated heterocycles. The Hall–Kier alpha value is -3.52. The van der Waals surface area contributed by atoms with Crippen LogP contribution in [0.25, 0.3) is 12.2 Å². The van der Waals surface area contributed by atoms with Crippen molar-refractivity contribution < 1.29 is 8.78 Å². The van der Waals surface area contributed by atoms with Crippen LogP contribution in [0.4, 0.5) is 8.78 Å². The molecule has 0 radical (unpaired) electrons. The van der Waals surface area contributed by atoms with Crippen molar-refractivity contribution in [1.29, 1.82) is 0 Å². The second-order valence-corrected chi connectivity index (χ2v) is 8.57. The molecule has 4 aromatic rings. The van der Waals surface area contributed by atoms with Crippen molar-refractivity contribution in [3.8, 4) is 0 Å². The van der Waals surface area contributed by atoms with Crippen molar-refractivity contribution >= 4 is 12.2 Å². The lowest BCUT2D eigenvalue weighted by Crippen LogP contribution is -1.99. The van der Waals surface area contributed by atoms with E-state index in [2.05, 4.69) is 61.5 Å². The van der Waals surface area contributed by atoms with E-state index in [1.54, 1.807) is 36.4 Å².